The fourth-order valence-corrected chi connectivity index (χ4v) is 4.18. The number of aryl methyl sites for hydroxylation is 1. The Bertz CT molecular complexity index is 835. The quantitative estimate of drug-likeness (QED) is 0.891. The molecule has 3 rings (SSSR count). The molecule has 0 spiro atoms. The van der Waals surface area contributed by atoms with E-state index in [1.54, 1.807) is 6.07 Å². The molecule has 1 aliphatic heterocycles. The highest BCUT2D eigenvalue weighted by molar-refractivity contribution is 7.14. The molecule has 132 valence electrons. The number of aliphatic carboxylic acids is 1. The molecule has 1 amide bonds. The molecule has 6 heteroatoms. The summed E-state index contributed by atoms with van der Waals surface area (Å²) in [5.41, 5.74) is 2.22. The summed E-state index contributed by atoms with van der Waals surface area (Å²) in [4.78, 5) is 31.6. The van der Waals surface area contributed by atoms with Gasteiger partial charge in [0, 0.05) is 12.0 Å². The fraction of sp³-hybridized carbons (Fsp3) is 0.421. The second-order valence-electron chi connectivity index (χ2n) is 7.37. The van der Waals surface area contributed by atoms with Crippen molar-refractivity contribution in [1.82, 2.24) is 9.88 Å². The highest BCUT2D eigenvalue weighted by Gasteiger charge is 2.37. The normalized spacial score (nSPS) is 17.3. The number of nitrogens with zero attached hydrogens (tertiary/aromatic N) is 2. The summed E-state index contributed by atoms with van der Waals surface area (Å²) in [7, 11) is 0. The minimum atomic E-state index is -1.00. The van der Waals surface area contributed by atoms with Gasteiger partial charge in [0.05, 0.1) is 10.7 Å². The minimum absolute atomic E-state index is 0.144. The lowest BCUT2D eigenvalue weighted by Gasteiger charge is -2.34. The third kappa shape index (κ3) is 3.18. The van der Waals surface area contributed by atoms with E-state index in [4.69, 9.17) is 0 Å². The minimum Gasteiger partial charge on any atom is -0.479 e. The lowest BCUT2D eigenvalue weighted by atomic mass is 9.92. The standard InChI is InChI=1S/C19H22N2O3S/c1-11-15(25-18(20-11)19(2,3)4)16(22)21-10-9-12-7-5-6-8-13(12)14(21)17(23)24/h5-8,14H,9-10H2,1-4H3,(H,23,24). The first-order valence-electron chi connectivity index (χ1n) is 8.29. The van der Waals surface area contributed by atoms with E-state index >= 15 is 0 Å². The van der Waals surface area contributed by atoms with E-state index in [0.29, 0.717) is 29.1 Å². The van der Waals surface area contributed by atoms with E-state index in [-0.39, 0.29) is 11.3 Å². The summed E-state index contributed by atoms with van der Waals surface area (Å²) in [6.45, 7) is 8.37. The lowest BCUT2D eigenvalue weighted by molar-refractivity contribution is -0.143. The van der Waals surface area contributed by atoms with Crippen molar-refractivity contribution >= 4 is 23.2 Å². The Morgan fingerprint density at radius 2 is 1.96 bits per heavy atom. The molecule has 0 fully saturated rings. The Balaban J connectivity index is 2.00. The summed E-state index contributed by atoms with van der Waals surface area (Å²) in [6, 6.07) is 6.50. The number of aromatic nitrogens is 1. The van der Waals surface area contributed by atoms with Crippen LogP contribution in [0.2, 0.25) is 0 Å². The largest absolute Gasteiger partial charge is 0.479 e. The van der Waals surface area contributed by atoms with Crippen LogP contribution in [0.15, 0.2) is 24.3 Å². The second-order valence-corrected chi connectivity index (χ2v) is 8.37. The number of hydrogen-bond acceptors (Lipinski definition) is 4. The maximum absolute atomic E-state index is 13.1. The molecule has 5 nitrogen and oxygen atoms in total. The van der Waals surface area contributed by atoms with Crippen LogP contribution in [0.4, 0.5) is 0 Å². The molecule has 1 aromatic heterocycles. The number of hydrogen-bond donors (Lipinski definition) is 1. The van der Waals surface area contributed by atoms with Crippen molar-refractivity contribution in [3.63, 3.8) is 0 Å². The van der Waals surface area contributed by atoms with E-state index in [1.807, 2.05) is 25.1 Å². The second kappa shape index (κ2) is 6.26. The Morgan fingerprint density at radius 3 is 2.56 bits per heavy atom. The zero-order valence-electron chi connectivity index (χ0n) is 14.9. The van der Waals surface area contributed by atoms with E-state index in [0.717, 1.165) is 10.6 Å². The summed E-state index contributed by atoms with van der Waals surface area (Å²) in [5.74, 6) is -1.24. The molecule has 1 N–H and O–H groups in total. The number of benzene rings is 1. The Morgan fingerprint density at radius 1 is 1.28 bits per heavy atom. The SMILES string of the molecule is Cc1nc(C(C)(C)C)sc1C(=O)N1CCc2ccccc2C1C(=O)O. The van der Waals surface area contributed by atoms with Gasteiger partial charge in [-0.15, -0.1) is 11.3 Å². The Hall–Kier alpha value is -2.21. The number of carbonyl (C=O) groups is 2. The van der Waals surface area contributed by atoms with Crippen LogP contribution in [-0.4, -0.2) is 33.4 Å². The van der Waals surface area contributed by atoms with Crippen LogP contribution in [0.3, 0.4) is 0 Å². The zero-order chi connectivity index (χ0) is 18.4. The van der Waals surface area contributed by atoms with Gasteiger partial charge in [0.1, 0.15) is 4.88 Å². The summed E-state index contributed by atoms with van der Waals surface area (Å²) in [5, 5.41) is 10.6. The molecule has 1 aliphatic rings. The van der Waals surface area contributed by atoms with Crippen molar-refractivity contribution in [2.45, 2.75) is 45.6 Å². The molecule has 0 saturated carbocycles. The number of carbonyl (C=O) groups excluding carboxylic acids is 1. The van der Waals surface area contributed by atoms with Crippen molar-refractivity contribution in [3.8, 4) is 0 Å². The number of amides is 1. The molecule has 2 heterocycles. The molecule has 0 bridgehead atoms. The van der Waals surface area contributed by atoms with Gasteiger partial charge in [-0.05, 0) is 24.5 Å². The third-order valence-electron chi connectivity index (χ3n) is 4.41. The molecule has 1 atom stereocenters. The van der Waals surface area contributed by atoms with Crippen molar-refractivity contribution in [3.05, 3.63) is 51.0 Å². The molecule has 0 radical (unpaired) electrons. The van der Waals surface area contributed by atoms with Crippen LogP contribution in [0.25, 0.3) is 0 Å². The molecule has 1 unspecified atom stereocenters. The summed E-state index contributed by atoms with van der Waals surface area (Å²) < 4.78 is 0. The average Bonchev–Trinajstić information content (AvgIpc) is 2.95. The van der Waals surface area contributed by atoms with Crippen LogP contribution >= 0.6 is 11.3 Å². The monoisotopic (exact) mass is 358 g/mol. The predicted molar refractivity (Wildman–Crippen MR) is 97.1 cm³/mol. The number of fused-ring (bicyclic) bond motifs is 1. The maximum Gasteiger partial charge on any atom is 0.331 e. The Labute approximate surface area is 151 Å². The van der Waals surface area contributed by atoms with Gasteiger partial charge < -0.3 is 10.0 Å². The third-order valence-corrected chi connectivity index (χ3v) is 5.98. The summed E-state index contributed by atoms with van der Waals surface area (Å²) in [6.07, 6.45) is 0.662. The smallest absolute Gasteiger partial charge is 0.331 e. The van der Waals surface area contributed by atoms with Gasteiger partial charge in [0.25, 0.3) is 5.91 Å². The van der Waals surface area contributed by atoms with Crippen LogP contribution < -0.4 is 0 Å². The van der Waals surface area contributed by atoms with Crippen molar-refractivity contribution in [1.29, 1.82) is 0 Å². The first-order chi connectivity index (χ1) is 11.7. The first-order valence-corrected chi connectivity index (χ1v) is 9.11. The van der Waals surface area contributed by atoms with Crippen molar-refractivity contribution < 1.29 is 14.7 Å². The predicted octanol–water partition coefficient (Wildman–Crippen LogP) is 3.57. The fourth-order valence-electron chi connectivity index (χ4n) is 3.10. The van der Waals surface area contributed by atoms with Crippen LogP contribution in [0, 0.1) is 6.92 Å². The molecular weight excluding hydrogens is 336 g/mol. The summed E-state index contributed by atoms with van der Waals surface area (Å²) >= 11 is 1.37. The topological polar surface area (TPSA) is 70.5 Å². The van der Waals surface area contributed by atoms with Crippen molar-refractivity contribution in [2.24, 2.45) is 0 Å². The van der Waals surface area contributed by atoms with Gasteiger partial charge in [-0.25, -0.2) is 9.78 Å². The number of thiazole rings is 1. The molecule has 0 saturated heterocycles. The zero-order valence-corrected chi connectivity index (χ0v) is 15.7. The highest BCUT2D eigenvalue weighted by Crippen LogP contribution is 2.34. The molecule has 25 heavy (non-hydrogen) atoms. The Kier molecular flexibility index (Phi) is 4.41. The van der Waals surface area contributed by atoms with Gasteiger partial charge in [-0.1, -0.05) is 45.0 Å². The van der Waals surface area contributed by atoms with Crippen molar-refractivity contribution in [2.75, 3.05) is 6.54 Å². The maximum atomic E-state index is 13.1. The number of carboxylic acid groups (broad SMARTS) is 1. The first kappa shape index (κ1) is 17.6. The van der Waals surface area contributed by atoms with Gasteiger partial charge in [0.2, 0.25) is 0 Å². The van der Waals surface area contributed by atoms with Crippen LogP contribution in [-0.2, 0) is 16.6 Å². The van der Waals surface area contributed by atoms with Crippen LogP contribution in [0.1, 0.15) is 58.3 Å². The molecule has 2 aromatic rings. The average molecular weight is 358 g/mol. The van der Waals surface area contributed by atoms with E-state index in [1.165, 1.54) is 16.2 Å². The number of rotatable bonds is 2. The van der Waals surface area contributed by atoms with Gasteiger partial charge >= 0.3 is 5.97 Å². The highest BCUT2D eigenvalue weighted by atomic mass is 32.1. The molecular formula is C19H22N2O3S. The van der Waals surface area contributed by atoms with E-state index < -0.39 is 12.0 Å². The number of carboxylic acids is 1. The lowest BCUT2D eigenvalue weighted by Crippen LogP contribution is -2.43. The van der Waals surface area contributed by atoms with Gasteiger partial charge in [-0.2, -0.15) is 0 Å². The van der Waals surface area contributed by atoms with Gasteiger partial charge in [0.15, 0.2) is 6.04 Å². The molecule has 0 aliphatic carbocycles. The van der Waals surface area contributed by atoms with Gasteiger partial charge in [-0.3, -0.25) is 4.79 Å². The molecule has 1 aromatic carbocycles. The van der Waals surface area contributed by atoms with E-state index in [9.17, 15) is 14.7 Å². The van der Waals surface area contributed by atoms with Crippen LogP contribution in [0.5, 0.6) is 0 Å². The van der Waals surface area contributed by atoms with E-state index in [2.05, 4.69) is 25.8 Å².